The Labute approximate surface area is 114 Å². The molecule has 0 aliphatic carbocycles. The maximum atomic E-state index is 9.08. The van der Waals surface area contributed by atoms with Crippen molar-refractivity contribution in [2.45, 2.75) is 19.5 Å². The normalized spacial score (nSPS) is 18.5. The maximum Gasteiger partial charge on any atom is 0.0995 e. The summed E-state index contributed by atoms with van der Waals surface area (Å²) in [4.78, 5) is 4.55. The Bertz CT molecular complexity index is 504. The summed E-state index contributed by atoms with van der Waals surface area (Å²) in [6.45, 7) is 6.50. The molecule has 1 heterocycles. The second-order valence-corrected chi connectivity index (χ2v) is 4.89. The maximum absolute atomic E-state index is 9.08. The Morgan fingerprint density at radius 2 is 1.84 bits per heavy atom. The second-order valence-electron chi connectivity index (χ2n) is 4.89. The van der Waals surface area contributed by atoms with Gasteiger partial charge in [-0.15, -0.1) is 0 Å². The molecule has 2 rings (SSSR count). The number of rotatable bonds is 3. The molecule has 1 atom stereocenters. The fourth-order valence-electron chi connectivity index (χ4n) is 2.40. The van der Waals surface area contributed by atoms with E-state index in [2.05, 4.69) is 21.9 Å². The summed E-state index contributed by atoms with van der Waals surface area (Å²) in [5.41, 5.74) is 1.85. The Balaban J connectivity index is 1.93. The summed E-state index contributed by atoms with van der Waals surface area (Å²) in [7, 11) is 0. The lowest BCUT2D eigenvalue weighted by atomic mass is 10.1. The van der Waals surface area contributed by atoms with Crippen molar-refractivity contribution in [2.75, 3.05) is 26.2 Å². The zero-order valence-corrected chi connectivity index (χ0v) is 11.2. The van der Waals surface area contributed by atoms with Crippen molar-refractivity contribution in [3.05, 3.63) is 35.4 Å². The Morgan fingerprint density at radius 3 is 2.47 bits per heavy atom. The average molecular weight is 254 g/mol. The number of hydrogen-bond donors (Lipinski definition) is 0. The van der Waals surface area contributed by atoms with Gasteiger partial charge in [-0.25, -0.2) is 0 Å². The highest BCUT2D eigenvalue weighted by molar-refractivity contribution is 5.37. The molecule has 0 bridgehead atoms. The molecule has 4 nitrogen and oxygen atoms in total. The molecular weight excluding hydrogens is 236 g/mol. The first kappa shape index (κ1) is 13.5. The van der Waals surface area contributed by atoms with Crippen molar-refractivity contribution >= 4 is 0 Å². The molecule has 0 saturated carbocycles. The van der Waals surface area contributed by atoms with Gasteiger partial charge in [-0.05, 0) is 18.6 Å². The van der Waals surface area contributed by atoms with E-state index in [9.17, 15) is 0 Å². The summed E-state index contributed by atoms with van der Waals surface area (Å²) in [6.07, 6.45) is 0. The number of benzene rings is 1. The third kappa shape index (κ3) is 3.32. The average Bonchev–Trinajstić information content (AvgIpc) is 2.48. The second kappa shape index (κ2) is 6.33. The van der Waals surface area contributed by atoms with E-state index in [1.165, 1.54) is 0 Å². The lowest BCUT2D eigenvalue weighted by molar-refractivity contribution is 0.114. The van der Waals surface area contributed by atoms with Crippen LogP contribution in [-0.2, 0) is 6.54 Å². The molecule has 4 heteroatoms. The molecule has 1 fully saturated rings. The minimum atomic E-state index is -0.00598. The van der Waals surface area contributed by atoms with Gasteiger partial charge >= 0.3 is 0 Å². The highest BCUT2D eigenvalue weighted by atomic mass is 15.3. The third-order valence-corrected chi connectivity index (χ3v) is 3.67. The molecule has 0 aromatic heterocycles. The zero-order valence-electron chi connectivity index (χ0n) is 11.2. The minimum Gasteiger partial charge on any atom is -0.296 e. The van der Waals surface area contributed by atoms with Crippen LogP contribution in [0.25, 0.3) is 0 Å². The van der Waals surface area contributed by atoms with E-state index < -0.39 is 0 Å². The van der Waals surface area contributed by atoms with Gasteiger partial charge in [-0.3, -0.25) is 9.80 Å². The predicted molar refractivity (Wildman–Crippen MR) is 73.1 cm³/mol. The number of nitriles is 2. The van der Waals surface area contributed by atoms with Crippen LogP contribution in [0, 0.1) is 22.7 Å². The quantitative estimate of drug-likeness (QED) is 0.822. The summed E-state index contributed by atoms with van der Waals surface area (Å²) in [5.74, 6) is 0. The molecule has 1 aliphatic heterocycles. The van der Waals surface area contributed by atoms with Gasteiger partial charge in [0.2, 0.25) is 0 Å². The molecule has 0 N–H and O–H groups in total. The van der Waals surface area contributed by atoms with E-state index in [4.69, 9.17) is 10.5 Å². The molecule has 19 heavy (non-hydrogen) atoms. The van der Waals surface area contributed by atoms with E-state index in [1.807, 2.05) is 31.2 Å². The monoisotopic (exact) mass is 254 g/mol. The number of hydrogen-bond acceptors (Lipinski definition) is 4. The standard InChI is InChI=1S/C15H18N4/c1-13(10-16)19-8-6-18(7-9-19)12-15-5-3-2-4-14(15)11-17/h2-5,13H,6-9,12H2,1H3. The summed E-state index contributed by atoms with van der Waals surface area (Å²) in [5, 5.41) is 18.0. The first-order valence-corrected chi connectivity index (χ1v) is 6.58. The first-order valence-electron chi connectivity index (χ1n) is 6.58. The van der Waals surface area contributed by atoms with Gasteiger partial charge in [-0.2, -0.15) is 10.5 Å². The smallest absolute Gasteiger partial charge is 0.0995 e. The van der Waals surface area contributed by atoms with Gasteiger partial charge in [0.1, 0.15) is 0 Å². The van der Waals surface area contributed by atoms with Crippen LogP contribution < -0.4 is 0 Å². The van der Waals surface area contributed by atoms with Crippen LogP contribution in [0.5, 0.6) is 0 Å². The molecule has 1 aliphatic rings. The van der Waals surface area contributed by atoms with Crippen LogP contribution in [0.2, 0.25) is 0 Å². The molecule has 0 amide bonds. The summed E-state index contributed by atoms with van der Waals surface area (Å²) < 4.78 is 0. The fourth-order valence-corrected chi connectivity index (χ4v) is 2.40. The SMILES string of the molecule is CC(C#N)N1CCN(Cc2ccccc2C#N)CC1. The van der Waals surface area contributed by atoms with Crippen molar-refractivity contribution in [1.29, 1.82) is 10.5 Å². The van der Waals surface area contributed by atoms with Crippen molar-refractivity contribution in [3.8, 4) is 12.1 Å². The van der Waals surface area contributed by atoms with Gasteiger partial charge in [0.25, 0.3) is 0 Å². The van der Waals surface area contributed by atoms with E-state index >= 15 is 0 Å². The third-order valence-electron chi connectivity index (χ3n) is 3.67. The fraction of sp³-hybridized carbons (Fsp3) is 0.467. The topological polar surface area (TPSA) is 54.1 Å². The van der Waals surface area contributed by atoms with Crippen LogP contribution in [0.1, 0.15) is 18.1 Å². The lowest BCUT2D eigenvalue weighted by Gasteiger charge is -2.35. The first-order chi connectivity index (χ1) is 9.24. The largest absolute Gasteiger partial charge is 0.296 e. The highest BCUT2D eigenvalue weighted by Crippen LogP contribution is 2.13. The highest BCUT2D eigenvalue weighted by Gasteiger charge is 2.21. The summed E-state index contributed by atoms with van der Waals surface area (Å²) in [6, 6.07) is 12.3. The minimum absolute atomic E-state index is 0.00598. The van der Waals surface area contributed by atoms with E-state index in [0.29, 0.717) is 0 Å². The van der Waals surface area contributed by atoms with E-state index in [1.54, 1.807) is 0 Å². The van der Waals surface area contributed by atoms with Gasteiger partial charge in [-0.1, -0.05) is 18.2 Å². The molecule has 1 unspecified atom stereocenters. The van der Waals surface area contributed by atoms with Crippen molar-refractivity contribution in [1.82, 2.24) is 9.80 Å². The molecule has 0 radical (unpaired) electrons. The Hall–Kier alpha value is -1.88. The van der Waals surface area contributed by atoms with Crippen LogP contribution >= 0.6 is 0 Å². The molecular formula is C15H18N4. The lowest BCUT2D eigenvalue weighted by Crippen LogP contribution is -2.48. The van der Waals surface area contributed by atoms with Gasteiger partial charge < -0.3 is 0 Å². The van der Waals surface area contributed by atoms with Gasteiger partial charge in [0.15, 0.2) is 0 Å². The van der Waals surface area contributed by atoms with Crippen LogP contribution in [0.4, 0.5) is 0 Å². The van der Waals surface area contributed by atoms with Crippen molar-refractivity contribution in [3.63, 3.8) is 0 Å². The van der Waals surface area contributed by atoms with Gasteiger partial charge in [0, 0.05) is 32.7 Å². The molecule has 0 spiro atoms. The van der Waals surface area contributed by atoms with Crippen molar-refractivity contribution < 1.29 is 0 Å². The Morgan fingerprint density at radius 1 is 1.16 bits per heavy atom. The summed E-state index contributed by atoms with van der Waals surface area (Å²) >= 11 is 0. The van der Waals surface area contributed by atoms with Crippen molar-refractivity contribution in [2.24, 2.45) is 0 Å². The molecule has 1 aromatic carbocycles. The van der Waals surface area contributed by atoms with Gasteiger partial charge in [0.05, 0.1) is 23.7 Å². The van der Waals surface area contributed by atoms with E-state index in [0.717, 1.165) is 43.9 Å². The predicted octanol–water partition coefficient (Wildman–Crippen LogP) is 1.59. The molecule has 1 aromatic rings. The van der Waals surface area contributed by atoms with Crippen LogP contribution in [-0.4, -0.2) is 42.0 Å². The van der Waals surface area contributed by atoms with Crippen LogP contribution in [0.3, 0.4) is 0 Å². The Kier molecular flexibility index (Phi) is 4.52. The molecule has 1 saturated heterocycles. The van der Waals surface area contributed by atoms with Crippen LogP contribution in [0.15, 0.2) is 24.3 Å². The number of piperazine rings is 1. The van der Waals surface area contributed by atoms with E-state index in [-0.39, 0.29) is 6.04 Å². The zero-order chi connectivity index (χ0) is 13.7. The molecule has 98 valence electrons. The number of nitrogens with zero attached hydrogens (tertiary/aromatic N) is 4.